The minimum Gasteiger partial charge on any atom is -0.334 e. The lowest BCUT2D eigenvalue weighted by atomic mass is 9.71. The summed E-state index contributed by atoms with van der Waals surface area (Å²) in [6, 6.07) is 56.2. The lowest BCUT2D eigenvalue weighted by Crippen LogP contribution is -2.34. The van der Waals surface area contributed by atoms with Crippen molar-refractivity contribution in [2.75, 3.05) is 4.90 Å². The van der Waals surface area contributed by atoms with Crippen molar-refractivity contribution in [3.8, 4) is 34.2 Å². The number of nitrogens with zero attached hydrogens (tertiary/aromatic N) is 4. The van der Waals surface area contributed by atoms with Gasteiger partial charge in [0.05, 0.1) is 6.04 Å². The molecule has 0 spiro atoms. The van der Waals surface area contributed by atoms with Gasteiger partial charge in [-0.3, -0.25) is 0 Å². The number of benzene rings is 6. The topological polar surface area (TPSA) is 41.9 Å². The fourth-order valence-electron chi connectivity index (χ4n) is 8.55. The van der Waals surface area contributed by atoms with Gasteiger partial charge >= 0.3 is 0 Å². The first-order valence-corrected chi connectivity index (χ1v) is 21.4. The van der Waals surface area contributed by atoms with Crippen LogP contribution in [0.25, 0.3) is 45.3 Å². The fraction of sp³-hybridized carbons (Fsp3) is 0.211. The molecule has 7 aromatic rings. The fourth-order valence-corrected chi connectivity index (χ4v) is 8.55. The molecule has 0 aliphatic heterocycles. The highest BCUT2D eigenvalue weighted by molar-refractivity contribution is 6.16. The van der Waals surface area contributed by atoms with Crippen LogP contribution < -0.4 is 4.90 Å². The van der Waals surface area contributed by atoms with Gasteiger partial charge in [-0.25, -0.2) is 15.0 Å². The molecular weight excluding hydrogens is 741 g/mol. The van der Waals surface area contributed by atoms with Crippen LogP contribution in [0.3, 0.4) is 0 Å². The zero-order valence-electron chi connectivity index (χ0n) is 36.9. The Morgan fingerprint density at radius 2 is 0.984 bits per heavy atom. The third-order valence-electron chi connectivity index (χ3n) is 11.9. The van der Waals surface area contributed by atoms with Crippen molar-refractivity contribution in [1.29, 1.82) is 0 Å². The van der Waals surface area contributed by atoms with Crippen LogP contribution in [0.1, 0.15) is 83.2 Å². The lowest BCUT2D eigenvalue weighted by molar-refractivity contribution is 0.590. The van der Waals surface area contributed by atoms with Crippen LogP contribution in [0.5, 0.6) is 0 Å². The Morgan fingerprint density at radius 1 is 0.525 bits per heavy atom. The summed E-state index contributed by atoms with van der Waals surface area (Å²) in [4.78, 5) is 17.7. The summed E-state index contributed by atoms with van der Waals surface area (Å²) >= 11 is 0. The van der Waals surface area contributed by atoms with Gasteiger partial charge in [-0.05, 0) is 99.4 Å². The summed E-state index contributed by atoms with van der Waals surface area (Å²) in [6.07, 6.45) is 2.74. The van der Waals surface area contributed by atoms with Gasteiger partial charge in [-0.2, -0.15) is 0 Å². The van der Waals surface area contributed by atoms with E-state index in [0.717, 1.165) is 34.5 Å². The predicted octanol–water partition coefficient (Wildman–Crippen LogP) is 14.7. The molecule has 0 bridgehead atoms. The highest BCUT2D eigenvalue weighted by Gasteiger charge is 2.35. The minimum absolute atomic E-state index is 0.0470. The number of rotatable bonds is 11. The van der Waals surface area contributed by atoms with Crippen LogP contribution >= 0.6 is 0 Å². The third-order valence-corrected chi connectivity index (χ3v) is 11.9. The smallest absolute Gasteiger partial charge is 0.164 e. The van der Waals surface area contributed by atoms with Crippen molar-refractivity contribution in [2.45, 2.75) is 78.7 Å². The number of allylic oxidation sites excluding steroid dienone is 3. The van der Waals surface area contributed by atoms with Gasteiger partial charge in [-0.1, -0.05) is 187 Å². The molecule has 304 valence electrons. The molecule has 0 amide bonds. The largest absolute Gasteiger partial charge is 0.334 e. The Morgan fingerprint density at radius 3 is 1.49 bits per heavy atom. The number of para-hydroxylation sites is 1. The van der Waals surface area contributed by atoms with E-state index in [9.17, 15) is 0 Å². The average Bonchev–Trinajstić information content (AvgIpc) is 3.26. The highest BCUT2D eigenvalue weighted by Crippen LogP contribution is 2.51. The van der Waals surface area contributed by atoms with Crippen LogP contribution in [-0.4, -0.2) is 21.0 Å². The Labute approximate surface area is 363 Å². The van der Waals surface area contributed by atoms with E-state index in [2.05, 4.69) is 164 Å². The zero-order valence-corrected chi connectivity index (χ0v) is 36.9. The Hall–Kier alpha value is -6.65. The van der Waals surface area contributed by atoms with Gasteiger partial charge in [0.1, 0.15) is 0 Å². The van der Waals surface area contributed by atoms with Crippen molar-refractivity contribution in [1.82, 2.24) is 15.0 Å². The van der Waals surface area contributed by atoms with Gasteiger partial charge in [0.25, 0.3) is 0 Å². The number of hydrogen-bond acceptors (Lipinski definition) is 4. The number of aromatic nitrogens is 3. The second-order valence-electron chi connectivity index (χ2n) is 18.2. The standard InChI is InChI=1S/C57H56N4/c1-10-20-40-21-17-18-28-49(40)61(48-27-19-26-45(37-48)55-59-53(43-22-13-11-14-23-43)58-54(60-55)44-24-15-12-16-25-44)39(3)50-38(2)51(41-29-33-46(34-30-41)56(4,5)6)52(50)42-31-35-47(36-32-42)57(7,8)9/h10-19,21-37,39H,1,20H2,2-9H3/t39-/m1/s1. The second-order valence-corrected chi connectivity index (χ2v) is 18.2. The maximum atomic E-state index is 5.11. The van der Waals surface area contributed by atoms with E-state index in [-0.39, 0.29) is 16.9 Å². The molecule has 1 aromatic heterocycles. The Balaban J connectivity index is 1.30. The molecule has 1 aliphatic rings. The van der Waals surface area contributed by atoms with Gasteiger partial charge in [-0.15, -0.1) is 6.58 Å². The molecule has 4 heteroatoms. The number of anilines is 2. The maximum Gasteiger partial charge on any atom is 0.164 e. The molecule has 0 N–H and O–H groups in total. The van der Waals surface area contributed by atoms with E-state index in [4.69, 9.17) is 15.0 Å². The second kappa shape index (κ2) is 16.8. The molecule has 61 heavy (non-hydrogen) atoms. The Kier molecular flexibility index (Phi) is 11.3. The van der Waals surface area contributed by atoms with Gasteiger partial charge in [0.15, 0.2) is 17.5 Å². The van der Waals surface area contributed by atoms with E-state index in [1.54, 1.807) is 0 Å². The van der Waals surface area contributed by atoms with E-state index in [0.29, 0.717) is 17.5 Å². The molecule has 8 rings (SSSR count). The normalized spacial score (nSPS) is 13.5. The molecule has 1 atom stereocenters. The van der Waals surface area contributed by atoms with Crippen molar-refractivity contribution in [3.05, 3.63) is 209 Å². The molecule has 0 radical (unpaired) electrons. The summed E-state index contributed by atoms with van der Waals surface area (Å²) < 4.78 is 0. The molecule has 0 unspecified atom stereocenters. The molecule has 1 heterocycles. The van der Waals surface area contributed by atoms with Crippen molar-refractivity contribution >= 4 is 22.5 Å². The molecule has 1 aliphatic carbocycles. The molecule has 0 fully saturated rings. The average molecular weight is 797 g/mol. The van der Waals surface area contributed by atoms with Crippen molar-refractivity contribution in [3.63, 3.8) is 0 Å². The Bertz CT molecular complexity index is 2690. The molecule has 0 saturated heterocycles. The van der Waals surface area contributed by atoms with Gasteiger partial charge in [0.2, 0.25) is 0 Å². The summed E-state index contributed by atoms with van der Waals surface area (Å²) in [7, 11) is 0. The third kappa shape index (κ3) is 8.41. The molecule has 4 nitrogen and oxygen atoms in total. The quantitative estimate of drug-likeness (QED) is 0.122. The van der Waals surface area contributed by atoms with Crippen LogP contribution in [0.2, 0.25) is 0 Å². The van der Waals surface area contributed by atoms with Crippen molar-refractivity contribution in [2.24, 2.45) is 0 Å². The molecular formula is C57H56N4. The first kappa shape index (κ1) is 41.1. The van der Waals surface area contributed by atoms with Gasteiger partial charge < -0.3 is 4.90 Å². The SMILES string of the molecule is C=CCc1ccccc1N(c1cccc(-c2nc(-c3ccccc3)nc(-c3ccccc3)n2)c1)[C@H](C)C1=C(c2ccc(C(C)(C)C)cc2)C(c2ccc(C(C)(C)C)cc2)=C1C. The summed E-state index contributed by atoms with van der Waals surface area (Å²) in [5.41, 5.74) is 16.7. The van der Waals surface area contributed by atoms with Crippen LogP contribution in [0, 0.1) is 0 Å². The van der Waals surface area contributed by atoms with E-state index >= 15 is 0 Å². The summed E-state index contributed by atoms with van der Waals surface area (Å²) in [5, 5.41) is 0. The predicted molar refractivity (Wildman–Crippen MR) is 258 cm³/mol. The monoisotopic (exact) mass is 796 g/mol. The minimum atomic E-state index is -0.0470. The highest BCUT2D eigenvalue weighted by atomic mass is 15.2. The molecule has 0 saturated carbocycles. The maximum absolute atomic E-state index is 5.11. The first-order chi connectivity index (χ1) is 29.3. The summed E-state index contributed by atoms with van der Waals surface area (Å²) in [6.45, 7) is 22.5. The molecule has 6 aromatic carbocycles. The van der Waals surface area contributed by atoms with Gasteiger partial charge in [0, 0.05) is 28.1 Å². The van der Waals surface area contributed by atoms with E-state index in [1.165, 1.54) is 50.1 Å². The number of hydrogen-bond donors (Lipinski definition) is 0. The van der Waals surface area contributed by atoms with E-state index < -0.39 is 0 Å². The summed E-state index contributed by atoms with van der Waals surface area (Å²) in [5.74, 6) is 1.91. The van der Waals surface area contributed by atoms with Crippen molar-refractivity contribution < 1.29 is 0 Å². The zero-order chi connectivity index (χ0) is 42.9. The lowest BCUT2D eigenvalue weighted by Gasteiger charge is -2.41. The van der Waals surface area contributed by atoms with Crippen LogP contribution in [-0.2, 0) is 17.3 Å². The van der Waals surface area contributed by atoms with E-state index in [1.807, 2.05) is 66.7 Å². The van der Waals surface area contributed by atoms with Crippen LogP contribution in [0.4, 0.5) is 11.4 Å². The first-order valence-electron chi connectivity index (χ1n) is 21.4. The van der Waals surface area contributed by atoms with Crippen LogP contribution in [0.15, 0.2) is 182 Å².